The van der Waals surface area contributed by atoms with Gasteiger partial charge in [0.2, 0.25) is 0 Å². The molecule has 0 spiro atoms. The molecule has 1 atom stereocenters. The van der Waals surface area contributed by atoms with E-state index in [1.54, 1.807) is 0 Å². The molecule has 0 aliphatic rings. The number of unbranched alkanes of at least 4 members (excludes halogenated alkanes) is 9. The molecule has 0 aromatic rings. The summed E-state index contributed by atoms with van der Waals surface area (Å²) in [5, 5.41) is 8.64. The molecule has 0 bridgehead atoms. The Morgan fingerprint density at radius 3 is 2.00 bits per heavy atom. The zero-order valence-electron chi connectivity index (χ0n) is 19.5. The molecular formula is C21H40NNaO6. The van der Waals surface area contributed by atoms with E-state index in [9.17, 15) is 14.4 Å². The molecule has 0 aromatic heterocycles. The van der Waals surface area contributed by atoms with Gasteiger partial charge in [0.1, 0.15) is 6.04 Å². The van der Waals surface area contributed by atoms with E-state index in [1.165, 1.54) is 38.5 Å². The van der Waals surface area contributed by atoms with Crippen molar-refractivity contribution in [2.24, 2.45) is 5.73 Å². The Hall–Kier alpha value is -0.470. The maximum atomic E-state index is 11.7. The third-order valence-corrected chi connectivity index (χ3v) is 4.47. The molecule has 0 aliphatic heterocycles. The third kappa shape index (κ3) is 20.6. The van der Waals surface area contributed by atoms with Crippen LogP contribution in [0, 0.1) is 0 Å². The van der Waals surface area contributed by atoms with E-state index in [1.807, 2.05) is 0 Å². The Balaban J connectivity index is -0.00000364. The molecule has 0 heterocycles. The number of nitrogens with two attached hydrogens (primary N) is 1. The van der Waals surface area contributed by atoms with Crippen LogP contribution in [0.25, 0.3) is 0 Å². The Kier molecular flexibility index (Phi) is 23.5. The number of rotatable bonds is 18. The molecule has 7 nitrogen and oxygen atoms in total. The van der Waals surface area contributed by atoms with Gasteiger partial charge in [-0.1, -0.05) is 58.3 Å². The van der Waals surface area contributed by atoms with Crippen molar-refractivity contribution in [2.45, 2.75) is 103 Å². The Morgan fingerprint density at radius 2 is 1.41 bits per heavy atom. The van der Waals surface area contributed by atoms with Crippen LogP contribution in [0.4, 0.5) is 0 Å². The number of aliphatic hydroxyl groups excluding tert-OH is 1. The zero-order valence-corrected chi connectivity index (χ0v) is 20.5. The van der Waals surface area contributed by atoms with E-state index in [-0.39, 0.29) is 63.5 Å². The summed E-state index contributed by atoms with van der Waals surface area (Å²) >= 11 is 0. The molecule has 0 saturated carbocycles. The molecule has 29 heavy (non-hydrogen) atoms. The third-order valence-electron chi connectivity index (χ3n) is 4.47. The fourth-order valence-corrected chi connectivity index (χ4v) is 2.69. The van der Waals surface area contributed by atoms with Crippen molar-refractivity contribution in [3.05, 3.63) is 0 Å². The second-order valence-corrected chi connectivity index (χ2v) is 7.17. The van der Waals surface area contributed by atoms with Gasteiger partial charge < -0.3 is 21.7 Å². The average Bonchev–Trinajstić information content (AvgIpc) is 2.67. The maximum Gasteiger partial charge on any atom is 1.00 e. The van der Waals surface area contributed by atoms with E-state index in [0.717, 1.165) is 19.3 Å². The van der Waals surface area contributed by atoms with Gasteiger partial charge in [-0.2, -0.15) is 0 Å². The smallest absolute Gasteiger partial charge is 1.00 e. The summed E-state index contributed by atoms with van der Waals surface area (Å²) in [5.41, 5.74) is 5.66. The van der Waals surface area contributed by atoms with Crippen LogP contribution < -0.4 is 35.3 Å². The van der Waals surface area contributed by atoms with Crippen molar-refractivity contribution in [1.82, 2.24) is 0 Å². The molecule has 166 valence electrons. The number of esters is 3. The van der Waals surface area contributed by atoms with Crippen molar-refractivity contribution in [1.29, 1.82) is 0 Å². The summed E-state index contributed by atoms with van der Waals surface area (Å²) in [5.74, 6) is -1.77. The maximum absolute atomic E-state index is 11.7. The van der Waals surface area contributed by atoms with Gasteiger partial charge in [-0.25, -0.2) is 0 Å². The molecule has 0 saturated heterocycles. The van der Waals surface area contributed by atoms with Crippen molar-refractivity contribution in [3.8, 4) is 0 Å². The monoisotopic (exact) mass is 425 g/mol. The number of carbonyl (C=O) groups is 3. The molecule has 0 aromatic carbocycles. The van der Waals surface area contributed by atoms with Gasteiger partial charge >= 0.3 is 47.5 Å². The second kappa shape index (κ2) is 22.2. The summed E-state index contributed by atoms with van der Waals surface area (Å²) in [6.45, 7) is 2.44. The molecule has 3 N–H and O–H groups in total. The van der Waals surface area contributed by atoms with Gasteiger partial charge in [-0.05, 0) is 25.7 Å². The van der Waals surface area contributed by atoms with Crippen LogP contribution in [0.1, 0.15) is 98.2 Å². The molecule has 0 fully saturated rings. The van der Waals surface area contributed by atoms with Gasteiger partial charge in [0.05, 0.1) is 6.61 Å². The minimum Gasteiger partial charge on any atom is -1.00 e. The Morgan fingerprint density at radius 1 is 0.862 bits per heavy atom. The molecule has 0 unspecified atom stereocenters. The van der Waals surface area contributed by atoms with Crippen LogP contribution in [-0.2, 0) is 23.9 Å². The van der Waals surface area contributed by atoms with E-state index >= 15 is 0 Å². The zero-order chi connectivity index (χ0) is 21.0. The van der Waals surface area contributed by atoms with Crippen molar-refractivity contribution in [2.75, 3.05) is 13.2 Å². The molecule has 0 radical (unpaired) electrons. The Bertz CT molecular complexity index is 440. The fourth-order valence-electron chi connectivity index (χ4n) is 2.69. The molecule has 0 aliphatic carbocycles. The standard InChI is InChI=1S/C21H39NO6.Na.H/c1-2-3-4-5-6-7-8-9-10-13-19(24)28-20(25)15-14-18(22)21(26)27-17-12-11-16-23;;/h18,23H,2-17,22H2,1H3;;/q;+1;-1/t18-;;/m0../s1. The van der Waals surface area contributed by atoms with E-state index in [4.69, 9.17) is 20.3 Å². The molecule has 0 amide bonds. The van der Waals surface area contributed by atoms with E-state index in [2.05, 4.69) is 6.92 Å². The molecular weight excluding hydrogens is 385 g/mol. The predicted octanol–water partition coefficient (Wildman–Crippen LogP) is 0.517. The summed E-state index contributed by atoms with van der Waals surface area (Å²) < 4.78 is 9.69. The topological polar surface area (TPSA) is 116 Å². The van der Waals surface area contributed by atoms with Gasteiger partial charge in [-0.15, -0.1) is 0 Å². The van der Waals surface area contributed by atoms with Gasteiger partial charge in [-0.3, -0.25) is 14.4 Å². The Labute approximate surface area is 199 Å². The number of hydrogen-bond donors (Lipinski definition) is 2. The van der Waals surface area contributed by atoms with Gasteiger partial charge in [0, 0.05) is 19.4 Å². The van der Waals surface area contributed by atoms with Crippen LogP contribution >= 0.6 is 0 Å². The van der Waals surface area contributed by atoms with Gasteiger partial charge in [0.15, 0.2) is 0 Å². The van der Waals surface area contributed by atoms with Crippen molar-refractivity contribution < 1.29 is 59.9 Å². The molecule has 0 rings (SSSR count). The van der Waals surface area contributed by atoms with Crippen LogP contribution in [-0.4, -0.2) is 42.3 Å². The van der Waals surface area contributed by atoms with Crippen LogP contribution in [0.15, 0.2) is 0 Å². The first-order valence-corrected chi connectivity index (χ1v) is 10.8. The first kappa shape index (κ1) is 30.7. The minimum atomic E-state index is -0.922. The predicted molar refractivity (Wildman–Crippen MR) is 109 cm³/mol. The largest absolute Gasteiger partial charge is 1.00 e. The first-order chi connectivity index (χ1) is 13.5. The van der Waals surface area contributed by atoms with Gasteiger partial charge in [0.25, 0.3) is 0 Å². The number of carbonyl (C=O) groups excluding carboxylic acids is 3. The number of hydrogen-bond acceptors (Lipinski definition) is 7. The van der Waals surface area contributed by atoms with Crippen molar-refractivity contribution in [3.63, 3.8) is 0 Å². The normalized spacial score (nSPS) is 11.4. The summed E-state index contributed by atoms with van der Waals surface area (Å²) in [7, 11) is 0. The average molecular weight is 426 g/mol. The number of aliphatic hydroxyl groups is 1. The summed E-state index contributed by atoms with van der Waals surface area (Å²) in [6.07, 6.45) is 11.7. The first-order valence-electron chi connectivity index (χ1n) is 10.8. The number of ether oxygens (including phenoxy) is 2. The van der Waals surface area contributed by atoms with Crippen LogP contribution in [0.3, 0.4) is 0 Å². The van der Waals surface area contributed by atoms with Crippen LogP contribution in [0.2, 0.25) is 0 Å². The fraction of sp³-hybridized carbons (Fsp3) is 0.857. The summed E-state index contributed by atoms with van der Waals surface area (Å²) in [6, 6.07) is -0.922. The van der Waals surface area contributed by atoms with E-state index in [0.29, 0.717) is 12.8 Å². The second-order valence-electron chi connectivity index (χ2n) is 7.17. The minimum absolute atomic E-state index is 0. The molecule has 8 heteroatoms. The quantitative estimate of drug-likeness (QED) is 0.142. The summed E-state index contributed by atoms with van der Waals surface area (Å²) in [4.78, 5) is 34.9. The van der Waals surface area contributed by atoms with Crippen LogP contribution in [0.5, 0.6) is 0 Å². The SMILES string of the molecule is CCCCCCCCCCCC(=O)OC(=O)CC[C@H](N)C(=O)OCCCCO.[H-].[Na+]. The van der Waals surface area contributed by atoms with E-state index < -0.39 is 23.9 Å². The van der Waals surface area contributed by atoms with Crippen molar-refractivity contribution >= 4 is 17.9 Å².